The first-order valence-electron chi connectivity index (χ1n) is 13.5. The fourth-order valence-corrected chi connectivity index (χ4v) is 6.73. The molecule has 7 nitrogen and oxygen atoms in total. The van der Waals surface area contributed by atoms with Crippen LogP contribution in [0.15, 0.2) is 64.3 Å². The third kappa shape index (κ3) is 5.97. The molecule has 5 rings (SSSR count). The van der Waals surface area contributed by atoms with Gasteiger partial charge in [0.2, 0.25) is 0 Å². The van der Waals surface area contributed by atoms with Crippen LogP contribution in [0.5, 0.6) is 0 Å². The smallest absolute Gasteiger partial charge is 0.270 e. The van der Waals surface area contributed by atoms with E-state index in [0.717, 1.165) is 31.0 Å². The van der Waals surface area contributed by atoms with Crippen LogP contribution in [-0.4, -0.2) is 50.8 Å². The molecule has 3 heterocycles. The first-order valence-corrected chi connectivity index (χ1v) is 15.1. The van der Waals surface area contributed by atoms with E-state index in [4.69, 9.17) is 23.8 Å². The lowest BCUT2D eigenvalue weighted by molar-refractivity contribution is -0.122. The molecule has 0 N–H and O–H groups in total. The van der Waals surface area contributed by atoms with Crippen molar-refractivity contribution < 1.29 is 4.79 Å². The summed E-state index contributed by atoms with van der Waals surface area (Å²) in [6.45, 7) is 8.30. The Morgan fingerprint density at radius 3 is 2.37 bits per heavy atom. The third-order valence-electron chi connectivity index (χ3n) is 7.52. The van der Waals surface area contributed by atoms with Crippen LogP contribution >= 0.6 is 35.6 Å². The second-order valence-corrected chi connectivity index (χ2v) is 12.1. The normalized spacial score (nSPS) is 17.0. The Morgan fingerprint density at radius 1 is 1.02 bits per heavy atom. The maximum absolute atomic E-state index is 13.6. The van der Waals surface area contributed by atoms with Gasteiger partial charge in [-0.15, -0.1) is 0 Å². The Balaban J connectivity index is 1.49. The minimum atomic E-state index is -0.308. The topological polar surface area (TPSA) is 72.6 Å². The number of carbonyl (C=O) groups is 1. The van der Waals surface area contributed by atoms with Gasteiger partial charge in [0.25, 0.3) is 11.5 Å². The summed E-state index contributed by atoms with van der Waals surface area (Å²) in [5.41, 5.74) is 3.13. The summed E-state index contributed by atoms with van der Waals surface area (Å²) in [6.07, 6.45) is 1.80. The van der Waals surface area contributed by atoms with E-state index in [0.29, 0.717) is 45.0 Å². The number of piperazine rings is 1. The molecule has 0 atom stereocenters. The second kappa shape index (κ2) is 12.6. The predicted octanol–water partition coefficient (Wildman–Crippen LogP) is 5.43. The van der Waals surface area contributed by atoms with Gasteiger partial charge in [-0.25, -0.2) is 0 Å². The number of amides is 1. The van der Waals surface area contributed by atoms with E-state index in [1.54, 1.807) is 28.5 Å². The fraction of sp³-hybridized carbons (Fsp3) is 0.290. The number of nitriles is 1. The van der Waals surface area contributed by atoms with Gasteiger partial charge in [0, 0.05) is 49.9 Å². The van der Waals surface area contributed by atoms with Crippen molar-refractivity contribution >= 4 is 57.7 Å². The first kappa shape index (κ1) is 29.1. The summed E-state index contributed by atoms with van der Waals surface area (Å²) < 4.78 is 2.11. The van der Waals surface area contributed by atoms with E-state index in [1.165, 1.54) is 17.3 Å². The van der Waals surface area contributed by atoms with Crippen molar-refractivity contribution in [2.24, 2.45) is 0 Å². The molecule has 1 aromatic heterocycles. The van der Waals surface area contributed by atoms with Gasteiger partial charge in [-0.1, -0.05) is 84.1 Å². The summed E-state index contributed by atoms with van der Waals surface area (Å²) in [5.74, 6) is 0.524. The zero-order valence-corrected chi connectivity index (χ0v) is 25.4. The fourth-order valence-electron chi connectivity index (χ4n) is 5.30. The minimum Gasteiger partial charge on any atom is -0.355 e. The van der Waals surface area contributed by atoms with Gasteiger partial charge in [0.05, 0.1) is 11.4 Å². The van der Waals surface area contributed by atoms with Gasteiger partial charge < -0.3 is 4.90 Å². The van der Waals surface area contributed by atoms with Crippen molar-refractivity contribution in [2.45, 2.75) is 33.5 Å². The molecule has 2 fully saturated rings. The first-order chi connectivity index (χ1) is 19.8. The largest absolute Gasteiger partial charge is 0.355 e. The van der Waals surface area contributed by atoms with Crippen molar-refractivity contribution in [3.05, 3.63) is 103 Å². The van der Waals surface area contributed by atoms with E-state index < -0.39 is 0 Å². The molecule has 0 aliphatic carbocycles. The Morgan fingerprint density at radius 2 is 1.71 bits per heavy atom. The van der Waals surface area contributed by atoms with Crippen LogP contribution < -0.4 is 10.5 Å². The van der Waals surface area contributed by atoms with Crippen LogP contribution in [-0.2, 0) is 24.4 Å². The molecule has 1 amide bonds. The van der Waals surface area contributed by atoms with E-state index in [2.05, 4.69) is 40.1 Å². The lowest BCUT2D eigenvalue weighted by atomic mass is 10.0. The van der Waals surface area contributed by atoms with E-state index in [9.17, 15) is 14.9 Å². The Labute approximate surface area is 254 Å². The average Bonchev–Trinajstić information content (AvgIpc) is 3.24. The number of anilines is 1. The molecule has 0 spiro atoms. The number of thiocarbonyl (C=S) groups is 1. The zero-order chi connectivity index (χ0) is 29.1. The molecule has 3 aromatic rings. The molecule has 41 heavy (non-hydrogen) atoms. The summed E-state index contributed by atoms with van der Waals surface area (Å²) in [4.78, 5) is 33.6. The third-order valence-corrected chi connectivity index (χ3v) is 9.27. The molecule has 10 heteroatoms. The number of pyridine rings is 1. The Kier molecular flexibility index (Phi) is 8.95. The Bertz CT molecular complexity index is 1620. The molecular formula is C31H30ClN5O2S2. The maximum Gasteiger partial charge on any atom is 0.270 e. The number of hydrogen-bond acceptors (Lipinski definition) is 7. The molecular weight excluding hydrogens is 574 g/mol. The number of thioether (sulfide) groups is 1. The number of aromatic nitrogens is 1. The molecule has 2 saturated heterocycles. The number of hydrogen-bond donors (Lipinski definition) is 0. The molecule has 2 aromatic carbocycles. The van der Waals surface area contributed by atoms with Crippen LogP contribution in [0.1, 0.15) is 34.7 Å². The SMILES string of the molecule is CCn1c(N2CCN(Cc3ccccc3)CC2)c(C=C2SC(=S)N(Cc3ccccc3Cl)C2=O)c(C)c(C#N)c1=O. The zero-order valence-electron chi connectivity index (χ0n) is 23.0. The lowest BCUT2D eigenvalue weighted by Gasteiger charge is -2.38. The van der Waals surface area contributed by atoms with Gasteiger partial charge in [-0.05, 0) is 42.7 Å². The average molecular weight is 604 g/mol. The van der Waals surface area contributed by atoms with Gasteiger partial charge >= 0.3 is 0 Å². The standard InChI is InChI=1S/C31H30ClN5O2S2/c1-3-36-28(35-15-13-34(14-16-35)19-22-9-5-4-6-10-22)24(21(2)25(18-33)29(36)38)17-27-30(39)37(31(40)41-27)20-23-11-7-8-12-26(23)32/h4-12,17H,3,13-16,19-20H2,1-2H3. The number of rotatable bonds is 7. The highest BCUT2D eigenvalue weighted by Gasteiger charge is 2.34. The maximum atomic E-state index is 13.6. The molecule has 2 aliphatic heterocycles. The number of halogens is 1. The molecule has 0 radical (unpaired) electrons. The monoisotopic (exact) mass is 603 g/mol. The Hall–Kier alpha value is -3.42. The molecule has 210 valence electrons. The van der Waals surface area contributed by atoms with Gasteiger partial charge in [-0.3, -0.25) is 24.0 Å². The van der Waals surface area contributed by atoms with Crippen molar-refractivity contribution in [1.29, 1.82) is 5.26 Å². The van der Waals surface area contributed by atoms with Crippen LogP contribution in [0, 0.1) is 18.3 Å². The quantitative estimate of drug-likeness (QED) is 0.264. The number of benzene rings is 2. The summed E-state index contributed by atoms with van der Waals surface area (Å²) in [7, 11) is 0. The number of carbonyl (C=O) groups excluding carboxylic acids is 1. The highest BCUT2D eigenvalue weighted by atomic mass is 35.5. The van der Waals surface area contributed by atoms with Crippen LogP contribution in [0.4, 0.5) is 5.82 Å². The number of nitrogens with zero attached hydrogens (tertiary/aromatic N) is 5. The second-order valence-electron chi connectivity index (χ2n) is 10.0. The van der Waals surface area contributed by atoms with Crippen LogP contribution in [0.3, 0.4) is 0 Å². The van der Waals surface area contributed by atoms with Gasteiger partial charge in [0.15, 0.2) is 0 Å². The van der Waals surface area contributed by atoms with Gasteiger partial charge in [0.1, 0.15) is 21.8 Å². The molecule has 0 bridgehead atoms. The minimum absolute atomic E-state index is 0.0936. The van der Waals surface area contributed by atoms with Crippen molar-refractivity contribution in [2.75, 3.05) is 31.1 Å². The highest BCUT2D eigenvalue weighted by Crippen LogP contribution is 2.37. The van der Waals surface area contributed by atoms with Crippen LogP contribution in [0.25, 0.3) is 6.08 Å². The van der Waals surface area contributed by atoms with Crippen molar-refractivity contribution in [3.63, 3.8) is 0 Å². The summed E-state index contributed by atoms with van der Waals surface area (Å²) in [5, 5.41) is 10.5. The van der Waals surface area contributed by atoms with Crippen LogP contribution in [0.2, 0.25) is 5.02 Å². The molecule has 0 unspecified atom stereocenters. The summed E-state index contributed by atoms with van der Waals surface area (Å²) in [6, 6.07) is 19.9. The molecule has 0 saturated carbocycles. The van der Waals surface area contributed by atoms with E-state index in [1.807, 2.05) is 31.2 Å². The molecule has 2 aliphatic rings. The lowest BCUT2D eigenvalue weighted by Crippen LogP contribution is -2.48. The van der Waals surface area contributed by atoms with Crippen molar-refractivity contribution in [3.8, 4) is 6.07 Å². The summed E-state index contributed by atoms with van der Waals surface area (Å²) >= 11 is 13.2. The van der Waals surface area contributed by atoms with Gasteiger partial charge in [-0.2, -0.15) is 5.26 Å². The highest BCUT2D eigenvalue weighted by molar-refractivity contribution is 8.26. The predicted molar refractivity (Wildman–Crippen MR) is 170 cm³/mol. The van der Waals surface area contributed by atoms with E-state index >= 15 is 0 Å². The van der Waals surface area contributed by atoms with Crippen molar-refractivity contribution in [1.82, 2.24) is 14.4 Å². The van der Waals surface area contributed by atoms with E-state index in [-0.39, 0.29) is 23.6 Å².